The molecule has 9 nitrogen and oxygen atoms in total. The highest BCUT2D eigenvalue weighted by Crippen LogP contribution is 2.41. The third kappa shape index (κ3) is 7.32. The summed E-state index contributed by atoms with van der Waals surface area (Å²) in [6.45, 7) is 6.57. The number of nitrogens with one attached hydrogen (secondary N) is 2. The van der Waals surface area contributed by atoms with Gasteiger partial charge in [0.25, 0.3) is 5.91 Å². The van der Waals surface area contributed by atoms with Gasteiger partial charge in [0, 0.05) is 37.0 Å². The molecule has 0 bridgehead atoms. The standard InChI is InChI=1S/C24H28N8O.CHF3S/c1-14-10-29-24-31-20(17-4-5-17)21(32(24)13-14)23(33)28-11-16-3-6-18(15(2)9-16)22(25)30-19-12-26-7-8-27-19;2-1(3,4)5/h3,6,9-10,13,17,26H,4-5,7-8,11-12H2,1-2H3,(H,28,33)(H2,25,27,30);5H. The van der Waals surface area contributed by atoms with E-state index in [-0.39, 0.29) is 5.91 Å². The Morgan fingerprint density at radius 1 is 1.32 bits per heavy atom. The zero-order valence-electron chi connectivity index (χ0n) is 21.0. The number of amides is 1. The number of imidazole rings is 1. The van der Waals surface area contributed by atoms with Gasteiger partial charge in [-0.2, -0.15) is 13.2 Å². The Morgan fingerprint density at radius 2 is 2.05 bits per heavy atom. The normalized spacial score (nSPS) is 16.1. The maximum absolute atomic E-state index is 13.2. The van der Waals surface area contributed by atoms with E-state index < -0.39 is 5.51 Å². The maximum atomic E-state index is 13.2. The quantitative estimate of drug-likeness (QED) is 0.222. The summed E-state index contributed by atoms with van der Waals surface area (Å²) in [5, 5.41) is 6.30. The second-order valence-corrected chi connectivity index (χ2v) is 9.70. The van der Waals surface area contributed by atoms with Crippen molar-refractivity contribution in [3.05, 3.63) is 64.2 Å². The Balaban J connectivity index is 0.000000617. The fraction of sp³-hybridized carbons (Fsp3) is 0.400. The van der Waals surface area contributed by atoms with Crippen molar-refractivity contribution >= 4 is 36.0 Å². The van der Waals surface area contributed by atoms with Crippen molar-refractivity contribution in [2.45, 2.75) is 44.7 Å². The predicted molar refractivity (Wildman–Crippen MR) is 143 cm³/mol. The Kier molecular flexibility index (Phi) is 8.36. The first-order valence-corrected chi connectivity index (χ1v) is 12.5. The number of carbonyl (C=O) groups is 1. The number of nitrogens with two attached hydrogens (primary N) is 1. The van der Waals surface area contributed by atoms with Crippen LogP contribution in [0.1, 0.15) is 57.2 Å². The molecule has 0 atom stereocenters. The largest absolute Gasteiger partial charge is 0.438 e. The number of amidine groups is 2. The zero-order valence-corrected chi connectivity index (χ0v) is 21.9. The van der Waals surface area contributed by atoms with E-state index in [1.165, 1.54) is 0 Å². The van der Waals surface area contributed by atoms with Gasteiger partial charge in [-0.05, 0) is 43.4 Å². The molecule has 1 aliphatic carbocycles. The zero-order chi connectivity index (χ0) is 27.4. The number of hydrogen-bond donors (Lipinski definition) is 4. The number of benzene rings is 1. The molecule has 4 N–H and O–H groups in total. The Hall–Kier alpha value is -3.45. The summed E-state index contributed by atoms with van der Waals surface area (Å²) in [5.74, 6) is 1.95. The van der Waals surface area contributed by atoms with Gasteiger partial charge in [-0.3, -0.25) is 14.2 Å². The lowest BCUT2D eigenvalue weighted by Crippen LogP contribution is -2.31. The molecule has 0 unspecified atom stereocenters. The summed E-state index contributed by atoms with van der Waals surface area (Å²) in [4.78, 5) is 31.1. The first-order chi connectivity index (χ1) is 18.0. The molecular weight excluding hydrogens is 517 g/mol. The van der Waals surface area contributed by atoms with Gasteiger partial charge in [-0.25, -0.2) is 15.0 Å². The SMILES string of the molecule is Cc1cnc2nc(C3CC3)c(C(=O)NCc3ccc(C(N)=NC4=NCCNC4)c(C)c3)n2c1.FC(F)(F)S. The number of halogens is 3. The molecule has 1 aliphatic heterocycles. The summed E-state index contributed by atoms with van der Waals surface area (Å²) in [6.07, 6.45) is 5.82. The molecule has 2 aromatic heterocycles. The number of fused-ring (bicyclic) bond motifs is 1. The molecule has 1 fully saturated rings. The highest BCUT2D eigenvalue weighted by Gasteiger charge is 2.33. The molecule has 202 valence electrons. The van der Waals surface area contributed by atoms with Crippen LogP contribution in [0.4, 0.5) is 13.2 Å². The summed E-state index contributed by atoms with van der Waals surface area (Å²) >= 11 is 2.12. The molecule has 3 aromatic rings. The second-order valence-electron chi connectivity index (χ2n) is 9.19. The number of aryl methyl sites for hydroxylation is 2. The lowest BCUT2D eigenvalue weighted by atomic mass is 10.0. The van der Waals surface area contributed by atoms with Crippen LogP contribution in [0.2, 0.25) is 0 Å². The molecular formula is C25H29F3N8OS. The van der Waals surface area contributed by atoms with Crippen LogP contribution in [0.15, 0.2) is 40.6 Å². The molecule has 0 radical (unpaired) electrons. The molecule has 0 saturated heterocycles. The molecule has 38 heavy (non-hydrogen) atoms. The van der Waals surface area contributed by atoms with Crippen LogP contribution in [-0.4, -0.2) is 57.1 Å². The van der Waals surface area contributed by atoms with Crippen molar-refractivity contribution in [2.24, 2.45) is 15.7 Å². The van der Waals surface area contributed by atoms with Gasteiger partial charge in [-0.1, -0.05) is 30.8 Å². The Labute approximate surface area is 223 Å². The van der Waals surface area contributed by atoms with Gasteiger partial charge in [0.05, 0.1) is 18.8 Å². The molecule has 1 saturated carbocycles. The van der Waals surface area contributed by atoms with Crippen molar-refractivity contribution in [3.8, 4) is 0 Å². The molecule has 0 spiro atoms. The first kappa shape index (κ1) is 27.6. The number of aliphatic imine (C=N–C) groups is 2. The van der Waals surface area contributed by atoms with E-state index in [0.29, 0.717) is 42.9 Å². The maximum Gasteiger partial charge on any atom is 0.438 e. The van der Waals surface area contributed by atoms with Gasteiger partial charge < -0.3 is 16.4 Å². The highest BCUT2D eigenvalue weighted by atomic mass is 32.1. The van der Waals surface area contributed by atoms with Crippen LogP contribution in [0.5, 0.6) is 0 Å². The minimum Gasteiger partial charge on any atom is -0.383 e. The van der Waals surface area contributed by atoms with E-state index in [2.05, 4.69) is 43.2 Å². The van der Waals surface area contributed by atoms with Crippen LogP contribution < -0.4 is 16.4 Å². The molecule has 3 heterocycles. The summed E-state index contributed by atoms with van der Waals surface area (Å²) in [7, 11) is 0. The summed E-state index contributed by atoms with van der Waals surface area (Å²) in [6, 6.07) is 5.94. The van der Waals surface area contributed by atoms with E-state index in [1.807, 2.05) is 42.6 Å². The fourth-order valence-corrected chi connectivity index (χ4v) is 4.10. The van der Waals surface area contributed by atoms with E-state index >= 15 is 0 Å². The highest BCUT2D eigenvalue weighted by molar-refractivity contribution is 7.81. The fourth-order valence-electron chi connectivity index (χ4n) is 4.10. The van der Waals surface area contributed by atoms with Crippen LogP contribution in [-0.2, 0) is 6.54 Å². The average molecular weight is 547 g/mol. The molecule has 1 amide bonds. The molecule has 5 rings (SSSR count). The lowest BCUT2D eigenvalue weighted by Gasteiger charge is -2.12. The van der Waals surface area contributed by atoms with E-state index in [4.69, 9.17) is 5.73 Å². The number of hydrogen-bond acceptors (Lipinski definition) is 7. The average Bonchev–Trinajstić information content (AvgIpc) is 3.62. The van der Waals surface area contributed by atoms with Crippen molar-refractivity contribution in [2.75, 3.05) is 19.6 Å². The van der Waals surface area contributed by atoms with E-state index in [9.17, 15) is 18.0 Å². The number of rotatable bonds is 5. The van der Waals surface area contributed by atoms with Crippen molar-refractivity contribution in [1.29, 1.82) is 0 Å². The van der Waals surface area contributed by atoms with Crippen molar-refractivity contribution in [1.82, 2.24) is 25.0 Å². The molecule has 13 heteroatoms. The summed E-state index contributed by atoms with van der Waals surface area (Å²) < 4.78 is 32.5. The smallest absolute Gasteiger partial charge is 0.383 e. The molecule has 1 aromatic carbocycles. The number of alkyl halides is 3. The number of carbonyl (C=O) groups excluding carboxylic acids is 1. The Bertz CT molecular complexity index is 1390. The minimum absolute atomic E-state index is 0.137. The van der Waals surface area contributed by atoms with Gasteiger partial charge >= 0.3 is 5.51 Å². The monoisotopic (exact) mass is 546 g/mol. The minimum atomic E-state index is -4.31. The Morgan fingerprint density at radius 3 is 2.68 bits per heavy atom. The topological polar surface area (TPSA) is 122 Å². The van der Waals surface area contributed by atoms with Crippen LogP contribution in [0.25, 0.3) is 5.78 Å². The van der Waals surface area contributed by atoms with Gasteiger partial charge in [0.2, 0.25) is 5.78 Å². The van der Waals surface area contributed by atoms with Gasteiger partial charge in [0.15, 0.2) is 0 Å². The van der Waals surface area contributed by atoms with Crippen LogP contribution >= 0.6 is 12.6 Å². The van der Waals surface area contributed by atoms with Gasteiger partial charge in [-0.15, -0.1) is 0 Å². The number of nitrogens with zero attached hydrogens (tertiary/aromatic N) is 5. The van der Waals surface area contributed by atoms with Crippen molar-refractivity contribution in [3.63, 3.8) is 0 Å². The second kappa shape index (κ2) is 11.5. The molecule has 2 aliphatic rings. The predicted octanol–water partition coefficient (Wildman–Crippen LogP) is 3.30. The van der Waals surface area contributed by atoms with Gasteiger partial charge in [0.1, 0.15) is 17.4 Å². The van der Waals surface area contributed by atoms with Crippen LogP contribution in [0.3, 0.4) is 0 Å². The van der Waals surface area contributed by atoms with Crippen LogP contribution in [0, 0.1) is 13.8 Å². The van der Waals surface area contributed by atoms with E-state index in [0.717, 1.165) is 53.2 Å². The first-order valence-electron chi connectivity index (χ1n) is 12.1. The summed E-state index contributed by atoms with van der Waals surface area (Å²) in [5.41, 5.74) is 7.22. The third-order valence-corrected chi connectivity index (χ3v) is 5.95. The number of thiol groups is 1. The third-order valence-electron chi connectivity index (χ3n) is 5.95. The number of aromatic nitrogens is 3. The lowest BCUT2D eigenvalue weighted by molar-refractivity contribution is -0.0303. The van der Waals surface area contributed by atoms with Crippen molar-refractivity contribution < 1.29 is 18.0 Å². The van der Waals surface area contributed by atoms with E-state index in [1.54, 1.807) is 6.20 Å².